The molecule has 0 spiro atoms. The highest BCUT2D eigenvalue weighted by molar-refractivity contribution is 7.99. The molecule has 0 saturated heterocycles. The van der Waals surface area contributed by atoms with Crippen molar-refractivity contribution in [2.45, 2.75) is 51.5 Å². The second-order valence-corrected chi connectivity index (χ2v) is 10.2. The molecule has 2 N–H and O–H groups in total. The maximum Gasteiger partial charge on any atom is 0.253 e. The molecule has 1 atom stereocenters. The summed E-state index contributed by atoms with van der Waals surface area (Å²) < 4.78 is 1.94. The molecule has 186 valence electrons. The zero-order valence-electron chi connectivity index (χ0n) is 19.9. The van der Waals surface area contributed by atoms with Gasteiger partial charge in [-0.25, -0.2) is 0 Å². The van der Waals surface area contributed by atoms with Gasteiger partial charge in [0, 0.05) is 18.1 Å². The molecule has 2 aromatic carbocycles. The van der Waals surface area contributed by atoms with E-state index < -0.39 is 0 Å². The second kappa shape index (κ2) is 13.0. The molecule has 0 saturated carbocycles. The van der Waals surface area contributed by atoms with Gasteiger partial charge < -0.3 is 15.2 Å². The van der Waals surface area contributed by atoms with Crippen LogP contribution in [0.1, 0.15) is 55.0 Å². The molecular weight excluding hydrogens is 505 g/mol. The van der Waals surface area contributed by atoms with E-state index in [2.05, 4.69) is 34.7 Å². The van der Waals surface area contributed by atoms with Gasteiger partial charge in [0.25, 0.3) is 5.91 Å². The van der Waals surface area contributed by atoms with Crippen LogP contribution in [-0.4, -0.2) is 32.3 Å². The summed E-state index contributed by atoms with van der Waals surface area (Å²) in [5.74, 6) is 0.759. The van der Waals surface area contributed by atoms with Gasteiger partial charge in [-0.15, -0.1) is 10.2 Å². The van der Waals surface area contributed by atoms with Crippen molar-refractivity contribution in [1.29, 1.82) is 0 Å². The van der Waals surface area contributed by atoms with E-state index >= 15 is 0 Å². The van der Waals surface area contributed by atoms with E-state index in [1.54, 1.807) is 18.2 Å². The van der Waals surface area contributed by atoms with E-state index in [-0.39, 0.29) is 28.6 Å². The number of thioether (sulfide) groups is 1. The van der Waals surface area contributed by atoms with Crippen LogP contribution < -0.4 is 10.6 Å². The standard InChI is InChI=1S/C25H29Cl2N5O2S/c1-4-32-23(21(12-16(2)3)29-24(34)19-11-10-18(26)13-20(19)27)30-31-25(32)35-15-22(33)28-14-17-8-6-5-7-9-17/h5-11,13,16,21H,4,12,14-15H2,1-3H3,(H,28,33)(H,29,34). The minimum atomic E-state index is -0.372. The summed E-state index contributed by atoms with van der Waals surface area (Å²) in [5.41, 5.74) is 1.38. The van der Waals surface area contributed by atoms with Crippen LogP contribution in [0.15, 0.2) is 53.7 Å². The van der Waals surface area contributed by atoms with Crippen LogP contribution in [0.3, 0.4) is 0 Å². The second-order valence-electron chi connectivity index (χ2n) is 8.42. The molecule has 0 aliphatic rings. The maximum absolute atomic E-state index is 13.0. The van der Waals surface area contributed by atoms with Crippen LogP contribution in [-0.2, 0) is 17.9 Å². The molecule has 0 fully saturated rings. The average Bonchev–Trinajstić information content (AvgIpc) is 3.24. The first-order valence-corrected chi connectivity index (χ1v) is 13.1. The summed E-state index contributed by atoms with van der Waals surface area (Å²) in [7, 11) is 0. The van der Waals surface area contributed by atoms with Crippen LogP contribution in [0.2, 0.25) is 10.0 Å². The third kappa shape index (κ3) is 7.72. The summed E-state index contributed by atoms with van der Waals surface area (Å²) >= 11 is 13.5. The summed E-state index contributed by atoms with van der Waals surface area (Å²) in [6.07, 6.45) is 0.664. The lowest BCUT2D eigenvalue weighted by Crippen LogP contribution is -2.32. The van der Waals surface area contributed by atoms with Crippen molar-refractivity contribution in [2.24, 2.45) is 5.92 Å². The van der Waals surface area contributed by atoms with E-state index in [1.807, 2.05) is 41.8 Å². The van der Waals surface area contributed by atoms with Crippen molar-refractivity contribution < 1.29 is 9.59 Å². The fraction of sp³-hybridized carbons (Fsp3) is 0.360. The Hall–Kier alpha value is -2.55. The molecule has 7 nitrogen and oxygen atoms in total. The van der Waals surface area contributed by atoms with Crippen LogP contribution >= 0.6 is 35.0 Å². The van der Waals surface area contributed by atoms with Crippen molar-refractivity contribution in [2.75, 3.05) is 5.75 Å². The number of hydrogen-bond donors (Lipinski definition) is 2. The number of nitrogens with zero attached hydrogens (tertiary/aromatic N) is 3. The lowest BCUT2D eigenvalue weighted by molar-refractivity contribution is -0.118. The molecule has 3 rings (SSSR count). The van der Waals surface area contributed by atoms with E-state index in [1.165, 1.54) is 11.8 Å². The zero-order chi connectivity index (χ0) is 25.4. The monoisotopic (exact) mass is 533 g/mol. The Bertz CT molecular complexity index is 1150. The van der Waals surface area contributed by atoms with Crippen molar-refractivity contribution in [3.63, 3.8) is 0 Å². The molecule has 3 aromatic rings. The predicted octanol–water partition coefficient (Wildman–Crippen LogP) is 5.53. The van der Waals surface area contributed by atoms with Gasteiger partial charge in [0.05, 0.1) is 22.4 Å². The van der Waals surface area contributed by atoms with Crippen molar-refractivity contribution in [3.05, 3.63) is 75.5 Å². The van der Waals surface area contributed by atoms with E-state index in [9.17, 15) is 9.59 Å². The molecule has 0 aliphatic heterocycles. The molecule has 10 heteroatoms. The minimum absolute atomic E-state index is 0.0875. The summed E-state index contributed by atoms with van der Waals surface area (Å²) in [6, 6.07) is 14.2. The fourth-order valence-electron chi connectivity index (χ4n) is 3.55. The summed E-state index contributed by atoms with van der Waals surface area (Å²) in [4.78, 5) is 25.4. The number of nitrogens with one attached hydrogen (secondary N) is 2. The van der Waals surface area contributed by atoms with E-state index in [4.69, 9.17) is 23.2 Å². The number of hydrogen-bond acceptors (Lipinski definition) is 5. The first kappa shape index (κ1) is 27.0. The quantitative estimate of drug-likeness (QED) is 0.316. The van der Waals surface area contributed by atoms with Gasteiger partial charge in [-0.2, -0.15) is 0 Å². The number of benzene rings is 2. The van der Waals surface area contributed by atoms with Gasteiger partial charge in [0.15, 0.2) is 11.0 Å². The van der Waals surface area contributed by atoms with E-state index in [0.29, 0.717) is 47.0 Å². The highest BCUT2D eigenvalue weighted by Crippen LogP contribution is 2.27. The van der Waals surface area contributed by atoms with Gasteiger partial charge >= 0.3 is 0 Å². The van der Waals surface area contributed by atoms with Gasteiger partial charge in [0.1, 0.15) is 0 Å². The average molecular weight is 535 g/mol. The third-order valence-electron chi connectivity index (χ3n) is 5.23. The van der Waals surface area contributed by atoms with Crippen LogP contribution in [0.5, 0.6) is 0 Å². The molecule has 0 radical (unpaired) electrons. The summed E-state index contributed by atoms with van der Waals surface area (Å²) in [6.45, 7) is 7.21. The number of halogens is 2. The van der Waals surface area contributed by atoms with Gasteiger partial charge in [0.2, 0.25) is 5.91 Å². The Morgan fingerprint density at radius 3 is 2.49 bits per heavy atom. The minimum Gasteiger partial charge on any atom is -0.351 e. The lowest BCUT2D eigenvalue weighted by atomic mass is 10.0. The van der Waals surface area contributed by atoms with Crippen LogP contribution in [0.25, 0.3) is 0 Å². The number of carbonyl (C=O) groups excluding carboxylic acids is 2. The number of carbonyl (C=O) groups is 2. The Morgan fingerprint density at radius 1 is 1.09 bits per heavy atom. The maximum atomic E-state index is 13.0. The smallest absolute Gasteiger partial charge is 0.253 e. The highest BCUT2D eigenvalue weighted by atomic mass is 35.5. The molecular formula is C25H29Cl2N5O2S. The predicted molar refractivity (Wildman–Crippen MR) is 141 cm³/mol. The molecule has 1 heterocycles. The Kier molecular flexibility index (Phi) is 10.0. The lowest BCUT2D eigenvalue weighted by Gasteiger charge is -2.21. The zero-order valence-corrected chi connectivity index (χ0v) is 22.3. The Balaban J connectivity index is 1.70. The van der Waals surface area contributed by atoms with Crippen molar-refractivity contribution >= 4 is 46.8 Å². The summed E-state index contributed by atoms with van der Waals surface area (Å²) in [5, 5.41) is 16.1. The molecule has 35 heavy (non-hydrogen) atoms. The first-order valence-electron chi connectivity index (χ1n) is 11.4. The molecule has 2 amide bonds. The number of aromatic nitrogens is 3. The Labute approximate surface area is 220 Å². The van der Waals surface area contributed by atoms with Gasteiger partial charge in [-0.05, 0) is 43.0 Å². The first-order chi connectivity index (χ1) is 16.8. The van der Waals surface area contributed by atoms with Crippen LogP contribution in [0.4, 0.5) is 0 Å². The SMILES string of the molecule is CCn1c(SCC(=O)NCc2ccccc2)nnc1C(CC(C)C)NC(=O)c1ccc(Cl)cc1Cl. The van der Waals surface area contributed by atoms with Crippen LogP contribution in [0, 0.1) is 5.92 Å². The molecule has 1 aromatic heterocycles. The van der Waals surface area contributed by atoms with Crippen molar-refractivity contribution in [3.8, 4) is 0 Å². The van der Waals surface area contributed by atoms with Crippen molar-refractivity contribution in [1.82, 2.24) is 25.4 Å². The highest BCUT2D eigenvalue weighted by Gasteiger charge is 2.25. The topological polar surface area (TPSA) is 88.9 Å². The normalized spacial score (nSPS) is 11.9. The van der Waals surface area contributed by atoms with Gasteiger partial charge in [-0.1, -0.05) is 79.1 Å². The number of rotatable bonds is 11. The molecule has 0 aliphatic carbocycles. The van der Waals surface area contributed by atoms with Gasteiger partial charge in [-0.3, -0.25) is 9.59 Å². The third-order valence-corrected chi connectivity index (χ3v) is 6.74. The Morgan fingerprint density at radius 2 is 1.83 bits per heavy atom. The number of amides is 2. The largest absolute Gasteiger partial charge is 0.351 e. The van der Waals surface area contributed by atoms with E-state index in [0.717, 1.165) is 5.56 Å². The fourth-order valence-corrected chi connectivity index (χ4v) is 4.88. The molecule has 0 bridgehead atoms. The molecule has 1 unspecified atom stereocenters.